The molecule has 0 heterocycles. The Hall–Kier alpha value is -0.870. The minimum atomic E-state index is -0.943. The molecule has 0 aromatic heterocycles. The maximum Gasteiger partial charge on any atom is 0.320 e. The van der Waals surface area contributed by atoms with E-state index in [0.29, 0.717) is 12.5 Å². The van der Waals surface area contributed by atoms with E-state index in [1.54, 1.807) is 0 Å². The number of nitrogens with one attached hydrogen (secondary N) is 1. The molecule has 0 aromatic carbocycles. The first-order valence-electron chi connectivity index (χ1n) is 5.98. The van der Waals surface area contributed by atoms with Crippen molar-refractivity contribution >= 4 is 5.97 Å². The summed E-state index contributed by atoms with van der Waals surface area (Å²) in [6, 6.07) is -0.285. The number of carboxylic acid groups (broad SMARTS) is 1. The van der Waals surface area contributed by atoms with E-state index in [1.165, 1.54) is 0 Å². The van der Waals surface area contributed by atoms with Gasteiger partial charge in [0, 0.05) is 6.04 Å². The second-order valence-corrected chi connectivity index (χ2v) is 3.93. The maximum atomic E-state index is 10.5. The van der Waals surface area contributed by atoms with E-state index in [2.05, 4.69) is 19.2 Å². The molecule has 0 radical (unpaired) electrons. The highest BCUT2D eigenvalue weighted by molar-refractivity contribution is 5.73. The molecule has 94 valence electrons. The van der Waals surface area contributed by atoms with Crippen molar-refractivity contribution in [3.05, 3.63) is 12.2 Å². The Morgan fingerprint density at radius 3 is 2.50 bits per heavy atom. The van der Waals surface area contributed by atoms with Crippen molar-refractivity contribution < 1.29 is 9.90 Å². The van der Waals surface area contributed by atoms with Crippen molar-refractivity contribution in [3.63, 3.8) is 0 Å². The van der Waals surface area contributed by atoms with E-state index >= 15 is 0 Å². The molecule has 4 N–H and O–H groups in total. The van der Waals surface area contributed by atoms with Crippen LogP contribution >= 0.6 is 0 Å². The van der Waals surface area contributed by atoms with Crippen molar-refractivity contribution in [2.45, 2.75) is 51.6 Å². The first kappa shape index (κ1) is 15.1. The zero-order chi connectivity index (χ0) is 12.4. The fraction of sp³-hybridized carbons (Fsp3) is 0.750. The average Bonchev–Trinajstić information content (AvgIpc) is 2.24. The van der Waals surface area contributed by atoms with Gasteiger partial charge in [-0.1, -0.05) is 32.4 Å². The van der Waals surface area contributed by atoms with Crippen LogP contribution in [0.2, 0.25) is 0 Å². The lowest BCUT2D eigenvalue weighted by Crippen LogP contribution is -2.29. The molecule has 2 atom stereocenters. The van der Waals surface area contributed by atoms with E-state index in [0.717, 1.165) is 25.8 Å². The van der Waals surface area contributed by atoms with Crippen LogP contribution < -0.4 is 11.1 Å². The monoisotopic (exact) mass is 228 g/mol. The summed E-state index contributed by atoms with van der Waals surface area (Å²) in [5.41, 5.74) is 5.38. The lowest BCUT2D eigenvalue weighted by Gasteiger charge is -2.14. The van der Waals surface area contributed by atoms with Crippen molar-refractivity contribution in [2.24, 2.45) is 5.73 Å². The predicted octanol–water partition coefficient (Wildman–Crippen LogP) is 1.51. The van der Waals surface area contributed by atoms with Gasteiger partial charge in [0.25, 0.3) is 0 Å². The molecule has 16 heavy (non-hydrogen) atoms. The summed E-state index contributed by atoms with van der Waals surface area (Å²) < 4.78 is 0. The number of hydrogen-bond donors (Lipinski definition) is 3. The Morgan fingerprint density at radius 1 is 1.38 bits per heavy atom. The fourth-order valence-corrected chi connectivity index (χ4v) is 1.54. The van der Waals surface area contributed by atoms with Crippen LogP contribution in [0.5, 0.6) is 0 Å². The van der Waals surface area contributed by atoms with Crippen LogP contribution in [-0.4, -0.2) is 29.7 Å². The van der Waals surface area contributed by atoms with Crippen LogP contribution in [0.25, 0.3) is 0 Å². The molecule has 0 aliphatic carbocycles. The molecule has 0 rings (SSSR count). The van der Waals surface area contributed by atoms with Crippen LogP contribution in [0.3, 0.4) is 0 Å². The van der Waals surface area contributed by atoms with Crippen LogP contribution in [-0.2, 0) is 4.79 Å². The van der Waals surface area contributed by atoms with E-state index in [4.69, 9.17) is 10.8 Å². The lowest BCUT2D eigenvalue weighted by atomic mass is 10.1. The summed E-state index contributed by atoms with van der Waals surface area (Å²) in [7, 11) is 0. The number of aliphatic carboxylic acids is 1. The lowest BCUT2D eigenvalue weighted by molar-refractivity contribution is -0.138. The maximum absolute atomic E-state index is 10.5. The minimum absolute atomic E-state index is 0.403. The van der Waals surface area contributed by atoms with Crippen molar-refractivity contribution in [3.8, 4) is 0 Å². The third-order valence-electron chi connectivity index (χ3n) is 2.42. The molecular formula is C12H24N2O2. The minimum Gasteiger partial charge on any atom is -0.480 e. The first-order valence-corrected chi connectivity index (χ1v) is 5.98. The third kappa shape index (κ3) is 7.43. The van der Waals surface area contributed by atoms with Gasteiger partial charge in [0.2, 0.25) is 0 Å². The highest BCUT2D eigenvalue weighted by atomic mass is 16.4. The fourth-order valence-electron chi connectivity index (χ4n) is 1.54. The number of carbonyl (C=O) groups is 1. The Balaban J connectivity index is 3.81. The normalized spacial score (nSPS) is 15.2. The van der Waals surface area contributed by atoms with E-state index in [1.807, 2.05) is 12.2 Å². The van der Waals surface area contributed by atoms with Gasteiger partial charge >= 0.3 is 5.97 Å². The van der Waals surface area contributed by atoms with Crippen molar-refractivity contribution in [1.82, 2.24) is 5.32 Å². The number of nitrogens with two attached hydrogens (primary N) is 1. The molecule has 0 aromatic rings. The molecule has 4 heteroatoms. The van der Waals surface area contributed by atoms with Gasteiger partial charge in [-0.2, -0.15) is 0 Å². The Morgan fingerprint density at radius 2 is 2.00 bits per heavy atom. The van der Waals surface area contributed by atoms with Gasteiger partial charge in [0.15, 0.2) is 0 Å². The van der Waals surface area contributed by atoms with Crippen molar-refractivity contribution in [1.29, 1.82) is 0 Å². The quantitative estimate of drug-likeness (QED) is 0.523. The van der Waals surface area contributed by atoms with Gasteiger partial charge in [-0.3, -0.25) is 4.79 Å². The molecule has 0 amide bonds. The molecule has 0 aliphatic rings. The zero-order valence-corrected chi connectivity index (χ0v) is 10.3. The van der Waals surface area contributed by atoms with Gasteiger partial charge in [-0.05, 0) is 25.8 Å². The highest BCUT2D eigenvalue weighted by Crippen LogP contribution is 2.03. The van der Waals surface area contributed by atoms with Crippen molar-refractivity contribution in [2.75, 3.05) is 6.54 Å². The van der Waals surface area contributed by atoms with Crippen LogP contribution in [0.1, 0.15) is 39.5 Å². The SMILES string of the molecule is CCC[C@H](C/C=C/CC(N)C(=O)O)NCC. The molecule has 1 unspecified atom stereocenters. The molecule has 0 saturated heterocycles. The molecule has 0 spiro atoms. The second kappa shape index (κ2) is 9.36. The van der Waals surface area contributed by atoms with Crippen LogP contribution in [0.4, 0.5) is 0 Å². The van der Waals surface area contributed by atoms with E-state index in [-0.39, 0.29) is 0 Å². The van der Waals surface area contributed by atoms with Crippen LogP contribution in [0.15, 0.2) is 12.2 Å². The third-order valence-corrected chi connectivity index (χ3v) is 2.42. The summed E-state index contributed by atoms with van der Waals surface area (Å²) in [5.74, 6) is -0.943. The standard InChI is InChI=1S/C12H24N2O2/c1-3-7-10(14-4-2)8-5-6-9-11(13)12(15)16/h5-6,10-11,14H,3-4,7-9,13H2,1-2H3,(H,15,16)/b6-5+/t10-,11?/m1/s1. The Labute approximate surface area is 97.9 Å². The van der Waals surface area contributed by atoms with E-state index < -0.39 is 12.0 Å². The first-order chi connectivity index (χ1) is 7.61. The highest BCUT2D eigenvalue weighted by Gasteiger charge is 2.08. The van der Waals surface area contributed by atoms with Gasteiger partial charge in [0.1, 0.15) is 6.04 Å². The van der Waals surface area contributed by atoms with E-state index in [9.17, 15) is 4.79 Å². The van der Waals surface area contributed by atoms with Gasteiger partial charge in [-0.15, -0.1) is 0 Å². The number of hydrogen-bond acceptors (Lipinski definition) is 3. The summed E-state index contributed by atoms with van der Waals surface area (Å²) in [5, 5.41) is 12.0. The van der Waals surface area contributed by atoms with Gasteiger partial charge < -0.3 is 16.2 Å². The summed E-state index contributed by atoms with van der Waals surface area (Å²) in [6.07, 6.45) is 7.52. The molecule has 0 bridgehead atoms. The predicted molar refractivity (Wildman–Crippen MR) is 66.4 cm³/mol. The number of rotatable bonds is 9. The molecule has 0 aliphatic heterocycles. The van der Waals surface area contributed by atoms with Gasteiger partial charge in [-0.25, -0.2) is 0 Å². The van der Waals surface area contributed by atoms with Gasteiger partial charge in [0.05, 0.1) is 0 Å². The molecule has 0 fully saturated rings. The second-order valence-electron chi connectivity index (χ2n) is 3.93. The molecule has 4 nitrogen and oxygen atoms in total. The average molecular weight is 228 g/mol. The smallest absolute Gasteiger partial charge is 0.320 e. The zero-order valence-electron chi connectivity index (χ0n) is 10.3. The summed E-state index contributed by atoms with van der Waals surface area (Å²) in [6.45, 7) is 5.22. The Bertz CT molecular complexity index is 211. The van der Waals surface area contributed by atoms with Crippen LogP contribution in [0, 0.1) is 0 Å². The molecular weight excluding hydrogens is 204 g/mol. The number of carboxylic acids is 1. The molecule has 0 saturated carbocycles. The summed E-state index contributed by atoms with van der Waals surface area (Å²) in [4.78, 5) is 10.5. The largest absolute Gasteiger partial charge is 0.480 e. The topological polar surface area (TPSA) is 75.4 Å². The Kier molecular flexibility index (Phi) is 8.85. The summed E-state index contributed by atoms with van der Waals surface area (Å²) >= 11 is 0.